The Bertz CT molecular complexity index is 608. The molecule has 126 valence electrons. The molecule has 2 aromatic rings. The first kappa shape index (κ1) is 21.0. The first-order valence-corrected chi connectivity index (χ1v) is 6.96. The van der Waals surface area contributed by atoms with E-state index in [9.17, 15) is 4.79 Å². The number of amides is 1. The SMILES string of the molecule is Cc1ccc(N)cc1C(=O)NCCCNc1ccccn1.Cl.Cl. The minimum atomic E-state index is -0.0855. The monoisotopic (exact) mass is 356 g/mol. The molecule has 0 atom stereocenters. The van der Waals surface area contributed by atoms with Gasteiger partial charge in [0.15, 0.2) is 0 Å². The number of aryl methyl sites for hydroxylation is 1. The van der Waals surface area contributed by atoms with Gasteiger partial charge in [-0.15, -0.1) is 24.8 Å². The van der Waals surface area contributed by atoms with Crippen molar-refractivity contribution < 1.29 is 4.79 Å². The van der Waals surface area contributed by atoms with E-state index >= 15 is 0 Å². The van der Waals surface area contributed by atoms with Crippen molar-refractivity contribution in [3.05, 3.63) is 53.7 Å². The van der Waals surface area contributed by atoms with Crippen molar-refractivity contribution in [3.8, 4) is 0 Å². The average molecular weight is 357 g/mol. The Morgan fingerprint density at radius 3 is 2.65 bits per heavy atom. The Balaban J connectivity index is 0.00000242. The standard InChI is InChI=1S/C16H20N4O.2ClH/c1-12-6-7-13(17)11-14(12)16(21)20-10-4-9-19-15-5-2-3-8-18-15;;/h2-3,5-8,11H,4,9-10,17H2,1H3,(H,18,19)(H,20,21);2*1H. The van der Waals surface area contributed by atoms with Crippen LogP contribution >= 0.6 is 24.8 Å². The van der Waals surface area contributed by atoms with E-state index in [4.69, 9.17) is 5.73 Å². The number of anilines is 2. The van der Waals surface area contributed by atoms with Crippen LogP contribution in [0.15, 0.2) is 42.6 Å². The van der Waals surface area contributed by atoms with Crippen molar-refractivity contribution in [1.29, 1.82) is 0 Å². The lowest BCUT2D eigenvalue weighted by Gasteiger charge is -2.09. The fourth-order valence-corrected chi connectivity index (χ4v) is 1.95. The Labute approximate surface area is 148 Å². The third-order valence-electron chi connectivity index (χ3n) is 3.12. The van der Waals surface area contributed by atoms with Crippen molar-refractivity contribution in [2.45, 2.75) is 13.3 Å². The molecule has 1 heterocycles. The zero-order valence-electron chi connectivity index (χ0n) is 12.9. The number of aromatic nitrogens is 1. The molecule has 0 aliphatic carbocycles. The molecule has 23 heavy (non-hydrogen) atoms. The van der Waals surface area contributed by atoms with E-state index < -0.39 is 0 Å². The highest BCUT2D eigenvalue weighted by atomic mass is 35.5. The molecule has 0 saturated carbocycles. The molecular formula is C16H22Cl2N4O. The van der Waals surface area contributed by atoms with Crippen LogP contribution in [0.3, 0.4) is 0 Å². The van der Waals surface area contributed by atoms with Gasteiger partial charge < -0.3 is 16.4 Å². The summed E-state index contributed by atoms with van der Waals surface area (Å²) in [4.78, 5) is 16.2. The molecule has 5 nitrogen and oxygen atoms in total. The third-order valence-corrected chi connectivity index (χ3v) is 3.12. The van der Waals surface area contributed by atoms with Crippen molar-refractivity contribution in [1.82, 2.24) is 10.3 Å². The predicted octanol–water partition coefficient (Wildman–Crippen LogP) is 3.05. The molecule has 0 spiro atoms. The minimum absolute atomic E-state index is 0. The number of nitrogens with zero attached hydrogens (tertiary/aromatic N) is 1. The molecule has 1 amide bonds. The summed E-state index contributed by atoms with van der Waals surface area (Å²) in [6.07, 6.45) is 2.57. The molecule has 1 aromatic heterocycles. The van der Waals surface area contributed by atoms with Crippen LogP contribution in [0.1, 0.15) is 22.3 Å². The number of rotatable bonds is 6. The Kier molecular flexibility index (Phi) is 9.78. The molecule has 0 fully saturated rings. The smallest absolute Gasteiger partial charge is 0.251 e. The first-order chi connectivity index (χ1) is 10.2. The van der Waals surface area contributed by atoms with E-state index in [2.05, 4.69) is 15.6 Å². The second-order valence-corrected chi connectivity index (χ2v) is 4.83. The molecule has 7 heteroatoms. The van der Waals surface area contributed by atoms with Crippen LogP contribution < -0.4 is 16.4 Å². The molecule has 1 aromatic carbocycles. The van der Waals surface area contributed by atoms with Crippen molar-refractivity contribution in [2.75, 3.05) is 24.1 Å². The number of halogens is 2. The lowest BCUT2D eigenvalue weighted by atomic mass is 10.1. The Hall–Kier alpha value is -1.98. The maximum absolute atomic E-state index is 12.1. The number of hydrogen-bond donors (Lipinski definition) is 3. The second kappa shape index (κ2) is 10.7. The highest BCUT2D eigenvalue weighted by molar-refractivity contribution is 5.96. The molecule has 0 bridgehead atoms. The summed E-state index contributed by atoms with van der Waals surface area (Å²) < 4.78 is 0. The van der Waals surface area contributed by atoms with Gasteiger partial charge in [-0.25, -0.2) is 4.98 Å². The lowest BCUT2D eigenvalue weighted by Crippen LogP contribution is -2.26. The predicted molar refractivity (Wildman–Crippen MR) is 99.8 cm³/mol. The van der Waals surface area contributed by atoms with Crippen LogP contribution in [-0.2, 0) is 0 Å². The number of benzene rings is 1. The Morgan fingerprint density at radius 1 is 1.17 bits per heavy atom. The van der Waals surface area contributed by atoms with Crippen LogP contribution in [-0.4, -0.2) is 24.0 Å². The molecular weight excluding hydrogens is 335 g/mol. The molecule has 0 saturated heterocycles. The quantitative estimate of drug-likeness (QED) is 0.548. The van der Waals surface area contributed by atoms with E-state index in [0.29, 0.717) is 17.8 Å². The van der Waals surface area contributed by atoms with E-state index in [1.807, 2.05) is 31.2 Å². The van der Waals surface area contributed by atoms with Gasteiger partial charge in [0.2, 0.25) is 0 Å². The maximum Gasteiger partial charge on any atom is 0.251 e. The van der Waals surface area contributed by atoms with Crippen molar-refractivity contribution in [3.63, 3.8) is 0 Å². The van der Waals surface area contributed by atoms with Crippen LogP contribution in [0.25, 0.3) is 0 Å². The zero-order valence-corrected chi connectivity index (χ0v) is 14.5. The van der Waals surface area contributed by atoms with E-state index in [1.165, 1.54) is 0 Å². The molecule has 2 rings (SSSR count). The topological polar surface area (TPSA) is 80.0 Å². The molecule has 0 aliphatic heterocycles. The lowest BCUT2D eigenvalue weighted by molar-refractivity contribution is 0.0953. The second-order valence-electron chi connectivity index (χ2n) is 4.83. The largest absolute Gasteiger partial charge is 0.399 e. The van der Waals surface area contributed by atoms with E-state index in [-0.39, 0.29) is 30.7 Å². The van der Waals surface area contributed by atoms with Gasteiger partial charge in [-0.05, 0) is 43.2 Å². The zero-order chi connectivity index (χ0) is 15.1. The fourth-order valence-electron chi connectivity index (χ4n) is 1.95. The normalized spacial score (nSPS) is 9.26. The summed E-state index contributed by atoms with van der Waals surface area (Å²) in [7, 11) is 0. The van der Waals surface area contributed by atoms with Crippen LogP contribution in [0, 0.1) is 6.92 Å². The number of hydrogen-bond acceptors (Lipinski definition) is 4. The van der Waals surface area contributed by atoms with Gasteiger partial charge in [-0.1, -0.05) is 12.1 Å². The summed E-state index contributed by atoms with van der Waals surface area (Å²) in [5.74, 6) is 0.758. The van der Waals surface area contributed by atoms with Gasteiger partial charge in [0.25, 0.3) is 5.91 Å². The van der Waals surface area contributed by atoms with Gasteiger partial charge in [-0.2, -0.15) is 0 Å². The molecule has 4 N–H and O–H groups in total. The van der Waals surface area contributed by atoms with Crippen LogP contribution in [0.2, 0.25) is 0 Å². The van der Waals surface area contributed by atoms with Gasteiger partial charge in [0, 0.05) is 30.5 Å². The number of nitrogens with one attached hydrogen (secondary N) is 2. The van der Waals surface area contributed by atoms with Crippen LogP contribution in [0.5, 0.6) is 0 Å². The highest BCUT2D eigenvalue weighted by Crippen LogP contribution is 2.12. The van der Waals surface area contributed by atoms with Gasteiger partial charge in [0.05, 0.1) is 0 Å². The molecule has 0 radical (unpaired) electrons. The number of carbonyl (C=O) groups is 1. The number of nitrogen functional groups attached to an aromatic ring is 1. The third kappa shape index (κ3) is 6.76. The summed E-state index contributed by atoms with van der Waals surface area (Å²) in [6.45, 7) is 3.26. The number of carbonyl (C=O) groups excluding carboxylic acids is 1. The summed E-state index contributed by atoms with van der Waals surface area (Å²) in [5, 5.41) is 6.09. The van der Waals surface area contributed by atoms with Gasteiger partial charge >= 0.3 is 0 Å². The minimum Gasteiger partial charge on any atom is -0.399 e. The fraction of sp³-hybridized carbons (Fsp3) is 0.250. The number of nitrogens with two attached hydrogens (primary N) is 1. The Morgan fingerprint density at radius 2 is 1.96 bits per heavy atom. The van der Waals surface area contributed by atoms with Gasteiger partial charge in [-0.3, -0.25) is 4.79 Å². The van der Waals surface area contributed by atoms with E-state index in [1.54, 1.807) is 18.3 Å². The first-order valence-electron chi connectivity index (χ1n) is 6.96. The number of pyridine rings is 1. The summed E-state index contributed by atoms with van der Waals surface area (Å²) in [5.41, 5.74) is 7.87. The summed E-state index contributed by atoms with van der Waals surface area (Å²) >= 11 is 0. The van der Waals surface area contributed by atoms with Crippen molar-refractivity contribution >= 4 is 42.2 Å². The molecule has 0 unspecified atom stereocenters. The van der Waals surface area contributed by atoms with Crippen LogP contribution in [0.4, 0.5) is 11.5 Å². The average Bonchev–Trinajstić information content (AvgIpc) is 2.50. The van der Waals surface area contributed by atoms with E-state index in [0.717, 1.165) is 24.3 Å². The molecule has 0 aliphatic rings. The van der Waals surface area contributed by atoms with Crippen molar-refractivity contribution in [2.24, 2.45) is 0 Å². The van der Waals surface area contributed by atoms with Gasteiger partial charge in [0.1, 0.15) is 5.82 Å². The summed E-state index contributed by atoms with van der Waals surface area (Å²) in [6, 6.07) is 11.1. The highest BCUT2D eigenvalue weighted by Gasteiger charge is 2.08. The maximum atomic E-state index is 12.1.